The molecule has 130 valence electrons. The predicted octanol–water partition coefficient (Wildman–Crippen LogP) is 1.12. The molecule has 0 fully saturated rings. The van der Waals surface area contributed by atoms with E-state index in [1.54, 1.807) is 35.9 Å². The molecular weight excluding hydrogens is 346 g/mol. The molecule has 0 aliphatic heterocycles. The van der Waals surface area contributed by atoms with Crippen molar-refractivity contribution in [1.29, 1.82) is 0 Å². The molecule has 0 unspecified atom stereocenters. The molecule has 25 heavy (non-hydrogen) atoms. The summed E-state index contributed by atoms with van der Waals surface area (Å²) in [6, 6.07) is 6.94. The number of nitrogens with zero attached hydrogens (tertiary/aromatic N) is 4. The Labute approximate surface area is 147 Å². The first-order valence-corrected chi connectivity index (χ1v) is 7.93. The van der Waals surface area contributed by atoms with Gasteiger partial charge < -0.3 is 9.88 Å². The minimum absolute atomic E-state index is 0.128. The highest BCUT2D eigenvalue weighted by atomic mass is 35.5. The summed E-state index contributed by atoms with van der Waals surface area (Å²) in [4.78, 5) is 40.5. The van der Waals surface area contributed by atoms with Gasteiger partial charge in [-0.1, -0.05) is 23.7 Å². The predicted molar refractivity (Wildman–Crippen MR) is 94.9 cm³/mol. The smallest absolute Gasteiger partial charge is 0.325 e. The van der Waals surface area contributed by atoms with Gasteiger partial charge >= 0.3 is 5.69 Å². The van der Waals surface area contributed by atoms with E-state index in [1.807, 2.05) is 0 Å². The number of hydrogen-bond donors (Lipinski definition) is 1. The van der Waals surface area contributed by atoms with Crippen LogP contribution in [0.1, 0.15) is 6.42 Å². The maximum absolute atomic E-state index is 12.3. The first-order chi connectivity index (χ1) is 11.9. The average molecular weight is 362 g/mol. The zero-order chi connectivity index (χ0) is 18.1. The van der Waals surface area contributed by atoms with Gasteiger partial charge in [-0.05, 0) is 12.1 Å². The van der Waals surface area contributed by atoms with Crippen LogP contribution in [0.5, 0.6) is 0 Å². The molecule has 1 amide bonds. The quantitative estimate of drug-likeness (QED) is 0.753. The van der Waals surface area contributed by atoms with Crippen LogP contribution in [-0.4, -0.2) is 24.6 Å². The Balaban J connectivity index is 1.83. The van der Waals surface area contributed by atoms with Crippen molar-refractivity contribution >= 4 is 34.4 Å². The Kier molecular flexibility index (Phi) is 4.45. The fraction of sp³-hybridized carbons (Fsp3) is 0.250. The van der Waals surface area contributed by atoms with E-state index < -0.39 is 11.2 Å². The minimum atomic E-state index is -0.445. The Morgan fingerprint density at radius 3 is 2.64 bits per heavy atom. The van der Waals surface area contributed by atoms with Gasteiger partial charge in [0.1, 0.15) is 0 Å². The first kappa shape index (κ1) is 17.0. The summed E-state index contributed by atoms with van der Waals surface area (Å²) in [6.45, 7) is 0.250. The van der Waals surface area contributed by atoms with Crippen LogP contribution in [0.25, 0.3) is 11.2 Å². The Hall–Kier alpha value is -2.87. The molecule has 1 aromatic carbocycles. The van der Waals surface area contributed by atoms with Crippen molar-refractivity contribution in [3.8, 4) is 0 Å². The van der Waals surface area contributed by atoms with Crippen molar-refractivity contribution in [3.63, 3.8) is 0 Å². The molecule has 0 spiro atoms. The summed E-state index contributed by atoms with van der Waals surface area (Å²) in [5.41, 5.74) is 0.221. The van der Waals surface area contributed by atoms with E-state index in [4.69, 9.17) is 11.6 Å². The van der Waals surface area contributed by atoms with Gasteiger partial charge in [0, 0.05) is 27.1 Å². The molecule has 0 aliphatic rings. The molecule has 3 aromatic rings. The zero-order valence-corrected chi connectivity index (χ0v) is 14.4. The van der Waals surface area contributed by atoms with Crippen molar-refractivity contribution in [3.05, 3.63) is 56.5 Å². The normalized spacial score (nSPS) is 11.0. The second kappa shape index (κ2) is 6.56. The number of nitrogens with one attached hydrogen (secondary N) is 1. The molecule has 0 radical (unpaired) electrons. The number of halogens is 1. The van der Waals surface area contributed by atoms with Crippen molar-refractivity contribution in [2.75, 3.05) is 5.32 Å². The molecule has 0 aliphatic carbocycles. The molecule has 2 heterocycles. The van der Waals surface area contributed by atoms with Crippen molar-refractivity contribution in [2.45, 2.75) is 13.0 Å². The lowest BCUT2D eigenvalue weighted by molar-refractivity contribution is -0.116. The van der Waals surface area contributed by atoms with E-state index in [0.717, 1.165) is 4.57 Å². The van der Waals surface area contributed by atoms with Crippen LogP contribution < -0.4 is 16.6 Å². The standard InChI is InChI=1S/C16H16ClN5O3/c1-20-14-13(15(24)21(2)16(20)25)22(9-18-14)8-7-12(23)19-11-6-4-3-5-10(11)17/h3-6,9H,7-8H2,1-2H3,(H,19,23). The van der Waals surface area contributed by atoms with Crippen LogP contribution in [0, 0.1) is 0 Å². The van der Waals surface area contributed by atoms with Gasteiger partial charge in [0.25, 0.3) is 5.56 Å². The summed E-state index contributed by atoms with van der Waals surface area (Å²) in [6.07, 6.45) is 1.58. The highest BCUT2D eigenvalue weighted by Gasteiger charge is 2.15. The number of aryl methyl sites for hydroxylation is 2. The van der Waals surface area contributed by atoms with Crippen LogP contribution in [0.4, 0.5) is 5.69 Å². The zero-order valence-electron chi connectivity index (χ0n) is 13.7. The van der Waals surface area contributed by atoms with Gasteiger partial charge in [-0.3, -0.25) is 18.7 Å². The van der Waals surface area contributed by atoms with Gasteiger partial charge in [-0.25, -0.2) is 9.78 Å². The van der Waals surface area contributed by atoms with Crippen molar-refractivity contribution < 1.29 is 4.79 Å². The molecule has 0 saturated carbocycles. The largest absolute Gasteiger partial charge is 0.332 e. The van der Waals surface area contributed by atoms with Gasteiger partial charge in [0.15, 0.2) is 11.2 Å². The molecule has 2 aromatic heterocycles. The number of fused-ring (bicyclic) bond motifs is 1. The summed E-state index contributed by atoms with van der Waals surface area (Å²) in [7, 11) is 2.96. The highest BCUT2D eigenvalue weighted by molar-refractivity contribution is 6.33. The summed E-state index contributed by atoms with van der Waals surface area (Å²) >= 11 is 6.01. The van der Waals surface area contributed by atoms with Gasteiger partial charge in [-0.2, -0.15) is 0 Å². The molecule has 9 heteroatoms. The van der Waals surface area contributed by atoms with Gasteiger partial charge in [-0.15, -0.1) is 0 Å². The number of amides is 1. The number of benzene rings is 1. The Morgan fingerprint density at radius 1 is 1.20 bits per heavy atom. The maximum atomic E-state index is 12.3. The fourth-order valence-corrected chi connectivity index (χ4v) is 2.75. The van der Waals surface area contributed by atoms with Crippen LogP contribution in [-0.2, 0) is 25.4 Å². The highest BCUT2D eigenvalue weighted by Crippen LogP contribution is 2.20. The minimum Gasteiger partial charge on any atom is -0.325 e. The number of carbonyl (C=O) groups is 1. The van der Waals surface area contributed by atoms with Crippen LogP contribution >= 0.6 is 11.6 Å². The Bertz CT molecular complexity index is 1080. The monoisotopic (exact) mass is 361 g/mol. The summed E-state index contributed by atoms with van der Waals surface area (Å²) < 4.78 is 3.89. The van der Waals surface area contributed by atoms with Crippen LogP contribution in [0.3, 0.4) is 0 Å². The third-order valence-corrected chi connectivity index (χ3v) is 4.27. The SMILES string of the molecule is Cn1c(=O)c2c(ncn2CCC(=O)Nc2ccccc2Cl)n(C)c1=O. The molecule has 3 rings (SSSR count). The Morgan fingerprint density at radius 2 is 1.92 bits per heavy atom. The van der Waals surface area contributed by atoms with Crippen molar-refractivity contribution in [1.82, 2.24) is 18.7 Å². The van der Waals surface area contributed by atoms with Crippen LogP contribution in [0.15, 0.2) is 40.2 Å². The number of hydrogen-bond acceptors (Lipinski definition) is 4. The number of rotatable bonds is 4. The molecule has 1 N–H and O–H groups in total. The summed E-state index contributed by atoms with van der Waals surface area (Å²) in [5.74, 6) is -0.239. The van der Waals surface area contributed by atoms with Gasteiger partial charge in [0.2, 0.25) is 5.91 Å². The molecule has 8 nitrogen and oxygen atoms in total. The number of imidazole rings is 1. The third-order valence-electron chi connectivity index (χ3n) is 3.94. The number of para-hydroxylation sites is 1. The van der Waals surface area contributed by atoms with E-state index in [0.29, 0.717) is 16.4 Å². The number of carbonyl (C=O) groups excluding carboxylic acids is 1. The average Bonchev–Trinajstić information content (AvgIpc) is 3.02. The number of anilines is 1. The maximum Gasteiger partial charge on any atom is 0.332 e. The van der Waals surface area contributed by atoms with Crippen LogP contribution in [0.2, 0.25) is 5.02 Å². The lowest BCUT2D eigenvalue weighted by Crippen LogP contribution is -2.37. The summed E-state index contributed by atoms with van der Waals surface area (Å²) in [5, 5.41) is 3.18. The van der Waals surface area contributed by atoms with Crippen molar-refractivity contribution in [2.24, 2.45) is 14.1 Å². The van der Waals surface area contributed by atoms with E-state index >= 15 is 0 Å². The van der Waals surface area contributed by atoms with Gasteiger partial charge in [0.05, 0.1) is 17.0 Å². The third kappa shape index (κ3) is 3.08. The topological polar surface area (TPSA) is 90.9 Å². The fourth-order valence-electron chi connectivity index (χ4n) is 2.56. The lowest BCUT2D eigenvalue weighted by atomic mass is 10.3. The lowest BCUT2D eigenvalue weighted by Gasteiger charge is -2.08. The molecule has 0 atom stereocenters. The van der Waals surface area contributed by atoms with E-state index in [-0.39, 0.29) is 24.4 Å². The van der Waals surface area contributed by atoms with E-state index in [9.17, 15) is 14.4 Å². The van der Waals surface area contributed by atoms with E-state index in [2.05, 4.69) is 10.3 Å². The number of aromatic nitrogens is 4. The second-order valence-corrected chi connectivity index (χ2v) is 6.00. The second-order valence-electron chi connectivity index (χ2n) is 5.59. The first-order valence-electron chi connectivity index (χ1n) is 7.55. The molecule has 0 bridgehead atoms. The molecular formula is C16H16ClN5O3. The molecule has 0 saturated heterocycles. The van der Waals surface area contributed by atoms with E-state index in [1.165, 1.54) is 17.9 Å².